The van der Waals surface area contributed by atoms with Gasteiger partial charge in [0.1, 0.15) is 17.3 Å². The van der Waals surface area contributed by atoms with Crippen LogP contribution in [0.4, 0.5) is 5.82 Å². The van der Waals surface area contributed by atoms with Gasteiger partial charge in [-0.25, -0.2) is 0 Å². The number of carbonyl (C=O) groups is 1. The molecular formula is C19H19ClN4O2. The minimum absolute atomic E-state index is 0.142. The zero-order valence-corrected chi connectivity index (χ0v) is 15.0. The summed E-state index contributed by atoms with van der Waals surface area (Å²) in [4.78, 5) is 12.2. The van der Waals surface area contributed by atoms with E-state index in [1.54, 1.807) is 41.1 Å². The molecule has 7 heteroatoms. The molecule has 0 fully saturated rings. The first-order valence-corrected chi connectivity index (χ1v) is 8.54. The Kier molecular flexibility index (Phi) is 5.76. The van der Waals surface area contributed by atoms with Crippen molar-refractivity contribution in [2.75, 3.05) is 18.4 Å². The number of amides is 1. The molecule has 0 atom stereocenters. The Morgan fingerprint density at radius 1 is 1.12 bits per heavy atom. The minimum atomic E-state index is -0.142. The van der Waals surface area contributed by atoms with Crippen molar-refractivity contribution in [1.82, 2.24) is 15.1 Å². The van der Waals surface area contributed by atoms with Crippen LogP contribution in [0, 0.1) is 0 Å². The number of nitrogens with one attached hydrogen (secondary N) is 2. The van der Waals surface area contributed by atoms with Crippen LogP contribution in [0.15, 0.2) is 60.8 Å². The molecule has 0 radical (unpaired) electrons. The molecule has 2 aromatic carbocycles. The lowest BCUT2D eigenvalue weighted by atomic mass is 10.2. The van der Waals surface area contributed by atoms with Gasteiger partial charge in [-0.15, -0.1) is 0 Å². The van der Waals surface area contributed by atoms with Crippen LogP contribution in [0.3, 0.4) is 0 Å². The molecule has 0 spiro atoms. The minimum Gasteiger partial charge on any atom is -0.456 e. The van der Waals surface area contributed by atoms with Gasteiger partial charge in [-0.2, -0.15) is 5.10 Å². The molecule has 0 aliphatic carbocycles. The summed E-state index contributed by atoms with van der Waals surface area (Å²) in [5.74, 6) is 1.83. The van der Waals surface area contributed by atoms with Gasteiger partial charge in [0, 0.05) is 38.0 Å². The van der Waals surface area contributed by atoms with Gasteiger partial charge in [-0.1, -0.05) is 23.7 Å². The number of hydrogen-bond acceptors (Lipinski definition) is 4. The molecule has 1 heterocycles. The van der Waals surface area contributed by atoms with Crippen LogP contribution in [0.5, 0.6) is 11.5 Å². The summed E-state index contributed by atoms with van der Waals surface area (Å²) in [6.45, 7) is 1.09. The summed E-state index contributed by atoms with van der Waals surface area (Å²) >= 11 is 6.07. The van der Waals surface area contributed by atoms with Crippen LogP contribution in [0.2, 0.25) is 5.02 Å². The number of para-hydroxylation sites is 1. The van der Waals surface area contributed by atoms with Gasteiger partial charge in [0.15, 0.2) is 0 Å². The first-order valence-electron chi connectivity index (χ1n) is 8.16. The fraction of sp³-hybridized carbons (Fsp3) is 0.158. The fourth-order valence-corrected chi connectivity index (χ4v) is 2.48. The molecule has 0 unspecified atom stereocenters. The van der Waals surface area contributed by atoms with E-state index in [-0.39, 0.29) is 5.91 Å². The van der Waals surface area contributed by atoms with Gasteiger partial charge in [-0.3, -0.25) is 9.48 Å². The van der Waals surface area contributed by atoms with Gasteiger partial charge >= 0.3 is 0 Å². The third-order valence-electron chi connectivity index (χ3n) is 3.61. The summed E-state index contributed by atoms with van der Waals surface area (Å²) in [6.07, 6.45) is 1.85. The molecule has 0 saturated heterocycles. The van der Waals surface area contributed by atoms with Crippen molar-refractivity contribution in [3.63, 3.8) is 0 Å². The molecule has 0 saturated carbocycles. The number of halogens is 1. The zero-order chi connectivity index (χ0) is 18.4. The average molecular weight is 371 g/mol. The van der Waals surface area contributed by atoms with E-state index in [4.69, 9.17) is 16.3 Å². The van der Waals surface area contributed by atoms with Gasteiger partial charge < -0.3 is 15.4 Å². The highest BCUT2D eigenvalue weighted by atomic mass is 35.5. The Hall–Kier alpha value is -2.99. The Morgan fingerprint density at radius 3 is 2.58 bits per heavy atom. The smallest absolute Gasteiger partial charge is 0.251 e. The Bertz CT molecular complexity index is 877. The molecule has 134 valence electrons. The molecule has 26 heavy (non-hydrogen) atoms. The number of aromatic nitrogens is 2. The lowest BCUT2D eigenvalue weighted by molar-refractivity contribution is 0.0955. The van der Waals surface area contributed by atoms with Crippen molar-refractivity contribution in [2.45, 2.75) is 0 Å². The maximum atomic E-state index is 12.2. The summed E-state index contributed by atoms with van der Waals surface area (Å²) in [5, 5.41) is 10.7. The first-order chi connectivity index (χ1) is 12.6. The zero-order valence-electron chi connectivity index (χ0n) is 14.3. The van der Waals surface area contributed by atoms with Crippen molar-refractivity contribution in [3.05, 3.63) is 71.4 Å². The first kappa shape index (κ1) is 17.8. The van der Waals surface area contributed by atoms with E-state index in [0.29, 0.717) is 35.2 Å². The van der Waals surface area contributed by atoms with E-state index in [2.05, 4.69) is 15.7 Å². The lowest BCUT2D eigenvalue weighted by Crippen LogP contribution is -2.28. The third-order valence-corrected chi connectivity index (χ3v) is 3.92. The second-order valence-corrected chi connectivity index (χ2v) is 6.02. The summed E-state index contributed by atoms with van der Waals surface area (Å²) in [5.41, 5.74) is 0.564. The van der Waals surface area contributed by atoms with Crippen LogP contribution in [-0.4, -0.2) is 28.8 Å². The van der Waals surface area contributed by atoms with E-state index in [1.807, 2.05) is 31.4 Å². The van der Waals surface area contributed by atoms with Crippen LogP contribution in [0.25, 0.3) is 0 Å². The van der Waals surface area contributed by atoms with E-state index < -0.39 is 0 Å². The Balaban J connectivity index is 1.48. The molecule has 0 aliphatic heterocycles. The van der Waals surface area contributed by atoms with Crippen molar-refractivity contribution in [2.24, 2.45) is 7.05 Å². The summed E-state index contributed by atoms with van der Waals surface area (Å²) < 4.78 is 7.43. The van der Waals surface area contributed by atoms with E-state index in [1.165, 1.54) is 0 Å². The van der Waals surface area contributed by atoms with Crippen molar-refractivity contribution in [1.29, 1.82) is 0 Å². The topological polar surface area (TPSA) is 68.2 Å². The van der Waals surface area contributed by atoms with Gasteiger partial charge in [-0.05, 0) is 36.4 Å². The number of hydrogen-bond donors (Lipinski definition) is 2. The SMILES string of the molecule is Cn1ccc(NCCNC(=O)c2ccc(Oc3ccccc3Cl)cc2)n1. The highest BCUT2D eigenvalue weighted by molar-refractivity contribution is 6.32. The Morgan fingerprint density at radius 2 is 1.88 bits per heavy atom. The molecule has 0 aliphatic rings. The second kappa shape index (κ2) is 8.40. The normalized spacial score (nSPS) is 10.4. The summed E-state index contributed by atoms with van der Waals surface area (Å²) in [6, 6.07) is 16.0. The highest BCUT2D eigenvalue weighted by Gasteiger charge is 2.07. The lowest BCUT2D eigenvalue weighted by Gasteiger charge is -2.09. The van der Waals surface area contributed by atoms with E-state index >= 15 is 0 Å². The van der Waals surface area contributed by atoms with Crippen molar-refractivity contribution < 1.29 is 9.53 Å². The van der Waals surface area contributed by atoms with Gasteiger partial charge in [0.2, 0.25) is 0 Å². The largest absolute Gasteiger partial charge is 0.456 e. The van der Waals surface area contributed by atoms with Crippen molar-refractivity contribution in [3.8, 4) is 11.5 Å². The van der Waals surface area contributed by atoms with Crippen molar-refractivity contribution >= 4 is 23.3 Å². The monoisotopic (exact) mass is 370 g/mol. The number of ether oxygens (including phenoxy) is 1. The van der Waals surface area contributed by atoms with Crippen LogP contribution >= 0.6 is 11.6 Å². The number of rotatable bonds is 7. The van der Waals surface area contributed by atoms with E-state index in [9.17, 15) is 4.79 Å². The maximum Gasteiger partial charge on any atom is 0.251 e. The molecule has 3 rings (SSSR count). The molecule has 1 aromatic heterocycles. The predicted octanol–water partition coefficient (Wildman–Crippen LogP) is 3.71. The fourth-order valence-electron chi connectivity index (χ4n) is 2.31. The maximum absolute atomic E-state index is 12.2. The van der Waals surface area contributed by atoms with Crippen LogP contribution in [-0.2, 0) is 7.05 Å². The number of aryl methyl sites for hydroxylation is 1. The number of nitrogens with zero attached hydrogens (tertiary/aromatic N) is 2. The Labute approximate surface area is 156 Å². The predicted molar refractivity (Wildman–Crippen MR) is 102 cm³/mol. The van der Waals surface area contributed by atoms with E-state index in [0.717, 1.165) is 5.82 Å². The quantitative estimate of drug-likeness (QED) is 0.622. The molecule has 1 amide bonds. The van der Waals surface area contributed by atoms with Crippen LogP contribution < -0.4 is 15.4 Å². The average Bonchev–Trinajstić information content (AvgIpc) is 3.06. The third kappa shape index (κ3) is 4.77. The standard InChI is InChI=1S/C19H19ClN4O2/c1-24-13-10-18(23-24)21-11-12-22-19(25)14-6-8-15(9-7-14)26-17-5-3-2-4-16(17)20/h2-10,13H,11-12H2,1H3,(H,21,23)(H,22,25). The van der Waals surface area contributed by atoms with Gasteiger partial charge in [0.25, 0.3) is 5.91 Å². The summed E-state index contributed by atoms with van der Waals surface area (Å²) in [7, 11) is 1.85. The number of benzene rings is 2. The van der Waals surface area contributed by atoms with Crippen LogP contribution in [0.1, 0.15) is 10.4 Å². The molecule has 2 N–H and O–H groups in total. The second-order valence-electron chi connectivity index (χ2n) is 5.61. The molecule has 3 aromatic rings. The van der Waals surface area contributed by atoms with Gasteiger partial charge in [0.05, 0.1) is 5.02 Å². The molecule has 0 bridgehead atoms. The number of anilines is 1. The highest BCUT2D eigenvalue weighted by Crippen LogP contribution is 2.28. The number of carbonyl (C=O) groups excluding carboxylic acids is 1. The molecular weight excluding hydrogens is 352 g/mol. The molecule has 6 nitrogen and oxygen atoms in total.